The number of aromatic nitrogens is 2. The van der Waals surface area contributed by atoms with Crippen molar-refractivity contribution in [1.29, 1.82) is 0 Å². The Balaban J connectivity index is 2.10. The standard InChI is InChI=1S/C14H18N4O/c1-9(11-4-6-12(15)7-5-11)16-14(19)13-8-18(3)17-10(13)2/h4-9H,15H2,1-3H3,(H,16,19). The first-order chi connectivity index (χ1) is 8.97. The molecule has 5 nitrogen and oxygen atoms in total. The molecule has 1 aromatic carbocycles. The van der Waals surface area contributed by atoms with E-state index < -0.39 is 0 Å². The van der Waals surface area contributed by atoms with Crippen molar-refractivity contribution in [2.24, 2.45) is 7.05 Å². The predicted molar refractivity (Wildman–Crippen MR) is 74.7 cm³/mol. The van der Waals surface area contributed by atoms with Gasteiger partial charge in [-0.15, -0.1) is 0 Å². The summed E-state index contributed by atoms with van der Waals surface area (Å²) in [5, 5.41) is 7.12. The van der Waals surface area contributed by atoms with E-state index in [1.807, 2.05) is 38.1 Å². The van der Waals surface area contributed by atoms with E-state index in [1.54, 1.807) is 17.9 Å². The molecule has 100 valence electrons. The van der Waals surface area contributed by atoms with E-state index in [-0.39, 0.29) is 11.9 Å². The minimum atomic E-state index is -0.116. The van der Waals surface area contributed by atoms with Crippen LogP contribution in [0.3, 0.4) is 0 Å². The van der Waals surface area contributed by atoms with Crippen molar-refractivity contribution in [3.8, 4) is 0 Å². The Morgan fingerprint density at radius 3 is 2.53 bits per heavy atom. The van der Waals surface area contributed by atoms with Crippen LogP contribution in [0.2, 0.25) is 0 Å². The number of benzene rings is 1. The number of aryl methyl sites for hydroxylation is 2. The summed E-state index contributed by atoms with van der Waals surface area (Å²) in [6.45, 7) is 3.76. The molecule has 19 heavy (non-hydrogen) atoms. The van der Waals surface area contributed by atoms with Crippen molar-refractivity contribution in [1.82, 2.24) is 15.1 Å². The van der Waals surface area contributed by atoms with E-state index in [2.05, 4.69) is 10.4 Å². The number of carbonyl (C=O) groups is 1. The summed E-state index contributed by atoms with van der Waals surface area (Å²) >= 11 is 0. The molecule has 3 N–H and O–H groups in total. The average Bonchev–Trinajstić information content (AvgIpc) is 2.69. The van der Waals surface area contributed by atoms with Crippen LogP contribution >= 0.6 is 0 Å². The molecule has 5 heteroatoms. The number of hydrogen-bond donors (Lipinski definition) is 2. The predicted octanol–water partition coefficient (Wildman–Crippen LogP) is 1.80. The summed E-state index contributed by atoms with van der Waals surface area (Å²) in [6, 6.07) is 7.40. The highest BCUT2D eigenvalue weighted by atomic mass is 16.1. The fourth-order valence-corrected chi connectivity index (χ4v) is 1.96. The van der Waals surface area contributed by atoms with Gasteiger partial charge in [0.05, 0.1) is 17.3 Å². The first-order valence-electron chi connectivity index (χ1n) is 6.14. The van der Waals surface area contributed by atoms with Crippen LogP contribution < -0.4 is 11.1 Å². The Hall–Kier alpha value is -2.30. The van der Waals surface area contributed by atoms with Crippen LogP contribution in [0.25, 0.3) is 0 Å². The second-order valence-electron chi connectivity index (χ2n) is 4.66. The highest BCUT2D eigenvalue weighted by molar-refractivity contribution is 5.95. The SMILES string of the molecule is Cc1nn(C)cc1C(=O)NC(C)c1ccc(N)cc1. The summed E-state index contributed by atoms with van der Waals surface area (Å²) < 4.78 is 1.64. The Morgan fingerprint density at radius 2 is 2.00 bits per heavy atom. The van der Waals surface area contributed by atoms with Crippen LogP contribution in [0.15, 0.2) is 30.5 Å². The third kappa shape index (κ3) is 2.93. The molecule has 2 rings (SSSR count). The van der Waals surface area contributed by atoms with E-state index in [1.165, 1.54) is 0 Å². The molecule has 1 atom stereocenters. The molecule has 1 unspecified atom stereocenters. The van der Waals surface area contributed by atoms with Gasteiger partial charge in [-0.2, -0.15) is 5.10 Å². The van der Waals surface area contributed by atoms with Crippen molar-refractivity contribution < 1.29 is 4.79 Å². The lowest BCUT2D eigenvalue weighted by Gasteiger charge is -2.14. The van der Waals surface area contributed by atoms with Gasteiger partial charge in [-0.1, -0.05) is 12.1 Å². The van der Waals surface area contributed by atoms with Crippen LogP contribution in [-0.4, -0.2) is 15.7 Å². The molecule has 0 aliphatic carbocycles. The molecule has 0 aliphatic rings. The minimum absolute atomic E-state index is 0.0762. The van der Waals surface area contributed by atoms with Crippen LogP contribution in [0.4, 0.5) is 5.69 Å². The Morgan fingerprint density at radius 1 is 1.37 bits per heavy atom. The lowest BCUT2D eigenvalue weighted by atomic mass is 10.1. The zero-order valence-corrected chi connectivity index (χ0v) is 11.3. The van der Waals surface area contributed by atoms with Crippen molar-refractivity contribution in [3.63, 3.8) is 0 Å². The summed E-state index contributed by atoms with van der Waals surface area (Å²) in [4.78, 5) is 12.1. The Bertz CT molecular complexity index is 586. The maximum atomic E-state index is 12.1. The fourth-order valence-electron chi connectivity index (χ4n) is 1.96. The number of rotatable bonds is 3. The monoisotopic (exact) mass is 258 g/mol. The molecule has 1 amide bonds. The van der Waals surface area contributed by atoms with Crippen LogP contribution in [0.5, 0.6) is 0 Å². The Labute approximate surface area is 112 Å². The third-order valence-corrected chi connectivity index (χ3v) is 3.04. The zero-order valence-electron chi connectivity index (χ0n) is 11.3. The number of carbonyl (C=O) groups excluding carboxylic acids is 1. The quantitative estimate of drug-likeness (QED) is 0.824. The highest BCUT2D eigenvalue weighted by Gasteiger charge is 2.15. The van der Waals surface area contributed by atoms with E-state index in [9.17, 15) is 4.79 Å². The Kier molecular flexibility index (Phi) is 3.55. The maximum Gasteiger partial charge on any atom is 0.255 e. The third-order valence-electron chi connectivity index (χ3n) is 3.04. The van der Waals surface area contributed by atoms with E-state index in [0.29, 0.717) is 11.3 Å². The molecule has 0 radical (unpaired) electrons. The van der Waals surface area contributed by atoms with Gasteiger partial charge in [-0.05, 0) is 31.5 Å². The molecule has 0 fully saturated rings. The molecular formula is C14H18N4O. The topological polar surface area (TPSA) is 72.9 Å². The number of nitrogens with one attached hydrogen (secondary N) is 1. The van der Waals surface area contributed by atoms with Gasteiger partial charge in [0.2, 0.25) is 0 Å². The molecule has 0 aliphatic heterocycles. The number of hydrogen-bond acceptors (Lipinski definition) is 3. The molecular weight excluding hydrogens is 240 g/mol. The highest BCUT2D eigenvalue weighted by Crippen LogP contribution is 2.15. The first kappa shape index (κ1) is 13.1. The van der Waals surface area contributed by atoms with Gasteiger partial charge in [0.1, 0.15) is 0 Å². The molecule has 1 heterocycles. The largest absolute Gasteiger partial charge is 0.399 e. The van der Waals surface area contributed by atoms with Crippen LogP contribution in [-0.2, 0) is 7.05 Å². The van der Waals surface area contributed by atoms with Crippen molar-refractivity contribution in [2.75, 3.05) is 5.73 Å². The van der Waals surface area contributed by atoms with Gasteiger partial charge in [-0.25, -0.2) is 0 Å². The van der Waals surface area contributed by atoms with E-state index >= 15 is 0 Å². The van der Waals surface area contributed by atoms with Crippen molar-refractivity contribution in [2.45, 2.75) is 19.9 Å². The van der Waals surface area contributed by atoms with Crippen molar-refractivity contribution >= 4 is 11.6 Å². The fraction of sp³-hybridized carbons (Fsp3) is 0.286. The number of nitrogen functional groups attached to an aromatic ring is 1. The lowest BCUT2D eigenvalue weighted by Crippen LogP contribution is -2.26. The van der Waals surface area contributed by atoms with Gasteiger partial charge in [-0.3, -0.25) is 9.48 Å². The van der Waals surface area contributed by atoms with Gasteiger partial charge in [0.25, 0.3) is 5.91 Å². The minimum Gasteiger partial charge on any atom is -0.399 e. The summed E-state index contributed by atoms with van der Waals surface area (Å²) in [5.41, 5.74) is 8.70. The second-order valence-corrected chi connectivity index (χ2v) is 4.66. The van der Waals surface area contributed by atoms with Crippen LogP contribution in [0.1, 0.15) is 34.6 Å². The number of nitrogens with zero attached hydrogens (tertiary/aromatic N) is 2. The summed E-state index contributed by atoms with van der Waals surface area (Å²) in [7, 11) is 1.80. The number of nitrogens with two attached hydrogens (primary N) is 1. The van der Waals surface area contributed by atoms with Gasteiger partial charge in [0, 0.05) is 18.9 Å². The maximum absolute atomic E-state index is 12.1. The molecule has 0 spiro atoms. The number of anilines is 1. The summed E-state index contributed by atoms with van der Waals surface area (Å²) in [5.74, 6) is -0.116. The molecule has 2 aromatic rings. The molecule has 0 bridgehead atoms. The zero-order chi connectivity index (χ0) is 14.0. The van der Waals surface area contributed by atoms with Gasteiger partial charge < -0.3 is 11.1 Å². The van der Waals surface area contributed by atoms with Crippen LogP contribution in [0, 0.1) is 6.92 Å². The van der Waals surface area contributed by atoms with E-state index in [0.717, 1.165) is 11.3 Å². The van der Waals surface area contributed by atoms with Crippen molar-refractivity contribution in [3.05, 3.63) is 47.3 Å². The normalized spacial score (nSPS) is 12.2. The van der Waals surface area contributed by atoms with E-state index in [4.69, 9.17) is 5.73 Å². The molecule has 0 saturated carbocycles. The lowest BCUT2D eigenvalue weighted by molar-refractivity contribution is 0.0939. The average molecular weight is 258 g/mol. The molecule has 1 aromatic heterocycles. The van der Waals surface area contributed by atoms with Gasteiger partial charge >= 0.3 is 0 Å². The first-order valence-corrected chi connectivity index (χ1v) is 6.14. The molecule has 0 saturated heterocycles. The smallest absolute Gasteiger partial charge is 0.255 e. The van der Waals surface area contributed by atoms with Gasteiger partial charge in [0.15, 0.2) is 0 Å². The number of amides is 1. The second kappa shape index (κ2) is 5.14. The summed E-state index contributed by atoms with van der Waals surface area (Å²) in [6.07, 6.45) is 1.72.